The number of amides is 3. The third-order valence-corrected chi connectivity index (χ3v) is 6.91. The van der Waals surface area contributed by atoms with Crippen molar-refractivity contribution >= 4 is 23.4 Å². The zero-order valence-corrected chi connectivity index (χ0v) is 19.1. The molecule has 174 valence electrons. The van der Waals surface area contributed by atoms with Gasteiger partial charge in [-0.3, -0.25) is 14.4 Å². The largest absolute Gasteiger partial charge is 0.490 e. The van der Waals surface area contributed by atoms with Crippen LogP contribution in [0.3, 0.4) is 0 Å². The van der Waals surface area contributed by atoms with Crippen LogP contribution in [0.1, 0.15) is 55.3 Å². The molecule has 32 heavy (non-hydrogen) atoms. The van der Waals surface area contributed by atoms with Gasteiger partial charge in [-0.05, 0) is 43.9 Å². The van der Waals surface area contributed by atoms with Gasteiger partial charge in [0.1, 0.15) is 18.5 Å². The normalized spacial score (nSPS) is 25.8. The predicted octanol–water partition coefficient (Wildman–Crippen LogP) is 2.67. The first kappa shape index (κ1) is 22.6. The fourth-order valence-electron chi connectivity index (χ4n) is 4.91. The molecule has 0 bridgehead atoms. The van der Waals surface area contributed by atoms with Crippen LogP contribution >= 0.6 is 0 Å². The molecule has 3 amide bonds. The zero-order chi connectivity index (χ0) is 22.8. The first-order valence-electron chi connectivity index (χ1n) is 11.5. The smallest absolute Gasteiger partial charge is 0.257 e. The number of fused-ring (bicyclic) bond motifs is 2. The van der Waals surface area contributed by atoms with Crippen molar-refractivity contribution in [3.63, 3.8) is 0 Å². The fourth-order valence-corrected chi connectivity index (χ4v) is 4.91. The molecule has 1 aromatic carbocycles. The van der Waals surface area contributed by atoms with E-state index in [0.717, 1.165) is 32.1 Å². The van der Waals surface area contributed by atoms with E-state index in [-0.39, 0.29) is 41.9 Å². The molecule has 2 heterocycles. The molecule has 0 spiro atoms. The summed E-state index contributed by atoms with van der Waals surface area (Å²) in [5, 5.41) is 2.97. The maximum Gasteiger partial charge on any atom is 0.257 e. The minimum Gasteiger partial charge on any atom is -0.490 e. The molecule has 1 saturated heterocycles. The van der Waals surface area contributed by atoms with Crippen molar-refractivity contribution in [2.45, 2.75) is 63.2 Å². The van der Waals surface area contributed by atoms with E-state index in [1.165, 1.54) is 0 Å². The summed E-state index contributed by atoms with van der Waals surface area (Å²) in [4.78, 5) is 41.2. The van der Waals surface area contributed by atoms with Crippen LogP contribution in [0.4, 0.5) is 5.69 Å². The van der Waals surface area contributed by atoms with E-state index in [9.17, 15) is 14.4 Å². The molecule has 8 heteroatoms. The number of carbonyl (C=O) groups excluding carboxylic acids is 3. The third kappa shape index (κ3) is 4.75. The number of ether oxygens (including phenoxy) is 2. The average Bonchev–Trinajstić information content (AvgIpc) is 3.32. The SMILES string of the molecule is CN(C)C(=O)C[C@@H]1CC[C@H]2[C@@H](COc3ccc(NC(=O)C4CCCC4)cc3C(=O)N2C)O1. The molecule has 1 aliphatic carbocycles. The lowest BCUT2D eigenvalue weighted by molar-refractivity contribution is -0.140. The van der Waals surface area contributed by atoms with Gasteiger partial charge < -0.3 is 24.6 Å². The van der Waals surface area contributed by atoms with Crippen molar-refractivity contribution in [2.75, 3.05) is 33.1 Å². The Balaban J connectivity index is 1.48. The van der Waals surface area contributed by atoms with Gasteiger partial charge in [0.05, 0.1) is 24.1 Å². The van der Waals surface area contributed by atoms with Gasteiger partial charge in [0.25, 0.3) is 5.91 Å². The van der Waals surface area contributed by atoms with Crippen LogP contribution in [0.15, 0.2) is 18.2 Å². The number of hydrogen-bond donors (Lipinski definition) is 1. The highest BCUT2D eigenvalue weighted by molar-refractivity contribution is 6.00. The standard InChI is InChI=1S/C24H33N3O5/c1-26(2)22(28)13-17-9-10-19-21(32-17)14-31-20-11-8-16(12-18(20)24(30)27(19)3)25-23(29)15-6-4-5-7-15/h8,11-12,15,17,19,21H,4-7,9-10,13-14H2,1-3H3,(H,25,29)/t17-,19-,21+/m0/s1. The Bertz CT molecular complexity index is 880. The van der Waals surface area contributed by atoms with E-state index in [4.69, 9.17) is 9.47 Å². The van der Waals surface area contributed by atoms with Crippen LogP contribution in [-0.4, -0.2) is 73.5 Å². The Morgan fingerprint density at radius 2 is 1.91 bits per heavy atom. The molecule has 3 aliphatic rings. The predicted molar refractivity (Wildman–Crippen MR) is 120 cm³/mol. The molecule has 2 aliphatic heterocycles. The molecular weight excluding hydrogens is 410 g/mol. The number of rotatable bonds is 4. The minimum absolute atomic E-state index is 0.0223. The Morgan fingerprint density at radius 1 is 1.16 bits per heavy atom. The minimum atomic E-state index is -0.299. The van der Waals surface area contributed by atoms with Crippen LogP contribution in [0, 0.1) is 5.92 Å². The van der Waals surface area contributed by atoms with Crippen LogP contribution in [-0.2, 0) is 14.3 Å². The highest BCUT2D eigenvalue weighted by atomic mass is 16.5. The van der Waals surface area contributed by atoms with Gasteiger partial charge in [-0.15, -0.1) is 0 Å². The van der Waals surface area contributed by atoms with Crippen molar-refractivity contribution in [3.8, 4) is 5.75 Å². The van der Waals surface area contributed by atoms with Gasteiger partial charge in [-0.1, -0.05) is 12.8 Å². The number of benzene rings is 1. The molecule has 1 N–H and O–H groups in total. The number of nitrogens with zero attached hydrogens (tertiary/aromatic N) is 2. The number of anilines is 1. The summed E-state index contributed by atoms with van der Waals surface area (Å²) < 4.78 is 12.2. The summed E-state index contributed by atoms with van der Waals surface area (Å²) >= 11 is 0. The summed E-state index contributed by atoms with van der Waals surface area (Å²) in [6, 6.07) is 5.10. The topological polar surface area (TPSA) is 88.2 Å². The lowest BCUT2D eigenvalue weighted by Crippen LogP contribution is -2.53. The van der Waals surface area contributed by atoms with Gasteiger partial charge in [-0.2, -0.15) is 0 Å². The second-order valence-corrected chi connectivity index (χ2v) is 9.34. The lowest BCUT2D eigenvalue weighted by Gasteiger charge is -2.42. The van der Waals surface area contributed by atoms with Crippen molar-refractivity contribution in [3.05, 3.63) is 23.8 Å². The van der Waals surface area contributed by atoms with Crippen LogP contribution in [0.25, 0.3) is 0 Å². The van der Waals surface area contributed by atoms with E-state index in [0.29, 0.717) is 36.4 Å². The number of nitrogens with one attached hydrogen (secondary N) is 1. The van der Waals surface area contributed by atoms with Crippen molar-refractivity contribution in [1.82, 2.24) is 9.80 Å². The molecule has 2 fully saturated rings. The van der Waals surface area contributed by atoms with Gasteiger partial charge in [0.15, 0.2) is 0 Å². The van der Waals surface area contributed by atoms with Gasteiger partial charge >= 0.3 is 0 Å². The molecule has 3 atom stereocenters. The zero-order valence-electron chi connectivity index (χ0n) is 19.1. The molecule has 0 unspecified atom stereocenters. The summed E-state index contributed by atoms with van der Waals surface area (Å²) in [5.41, 5.74) is 1.06. The van der Waals surface area contributed by atoms with E-state index in [2.05, 4.69) is 5.32 Å². The van der Waals surface area contributed by atoms with Gasteiger partial charge in [-0.25, -0.2) is 0 Å². The van der Waals surface area contributed by atoms with Crippen LogP contribution in [0.5, 0.6) is 5.75 Å². The summed E-state index contributed by atoms with van der Waals surface area (Å²) in [6.07, 6.45) is 5.34. The van der Waals surface area contributed by atoms with E-state index in [1.807, 2.05) is 0 Å². The Kier molecular flexibility index (Phi) is 6.69. The van der Waals surface area contributed by atoms with E-state index >= 15 is 0 Å². The van der Waals surface area contributed by atoms with E-state index in [1.54, 1.807) is 49.1 Å². The quantitative estimate of drug-likeness (QED) is 0.773. The molecule has 0 radical (unpaired) electrons. The number of carbonyl (C=O) groups is 3. The second kappa shape index (κ2) is 9.48. The number of likely N-dealkylation sites (N-methyl/N-ethyl adjacent to an activating group) is 1. The first-order valence-corrected chi connectivity index (χ1v) is 11.5. The van der Waals surface area contributed by atoms with Crippen molar-refractivity contribution in [2.24, 2.45) is 5.92 Å². The monoisotopic (exact) mass is 443 g/mol. The fraction of sp³-hybridized carbons (Fsp3) is 0.625. The Hall–Kier alpha value is -2.61. The lowest BCUT2D eigenvalue weighted by atomic mass is 9.94. The van der Waals surface area contributed by atoms with E-state index < -0.39 is 0 Å². The molecule has 4 rings (SSSR count). The molecular formula is C24H33N3O5. The third-order valence-electron chi connectivity index (χ3n) is 6.91. The van der Waals surface area contributed by atoms with Crippen molar-refractivity contribution < 1.29 is 23.9 Å². The summed E-state index contributed by atoms with van der Waals surface area (Å²) in [7, 11) is 5.26. The summed E-state index contributed by atoms with van der Waals surface area (Å²) in [6.45, 7) is 0.301. The Morgan fingerprint density at radius 3 is 2.62 bits per heavy atom. The highest BCUT2D eigenvalue weighted by Crippen LogP contribution is 2.33. The van der Waals surface area contributed by atoms with Crippen molar-refractivity contribution in [1.29, 1.82) is 0 Å². The maximum absolute atomic E-state index is 13.3. The maximum atomic E-state index is 13.3. The first-order chi connectivity index (χ1) is 15.3. The molecule has 8 nitrogen and oxygen atoms in total. The number of hydrogen-bond acceptors (Lipinski definition) is 5. The van der Waals surface area contributed by atoms with Crippen LogP contribution in [0.2, 0.25) is 0 Å². The highest BCUT2D eigenvalue weighted by Gasteiger charge is 2.39. The molecule has 0 aromatic heterocycles. The van der Waals surface area contributed by atoms with Crippen LogP contribution < -0.4 is 10.1 Å². The second-order valence-electron chi connectivity index (χ2n) is 9.34. The Labute approximate surface area is 189 Å². The average molecular weight is 444 g/mol. The molecule has 1 saturated carbocycles. The molecule has 1 aromatic rings. The summed E-state index contributed by atoms with van der Waals surface area (Å²) in [5.74, 6) is 0.433. The van der Waals surface area contributed by atoms with Gasteiger partial charge in [0.2, 0.25) is 11.8 Å². The van der Waals surface area contributed by atoms with Gasteiger partial charge in [0, 0.05) is 32.7 Å².